The van der Waals surface area contributed by atoms with E-state index in [0.717, 1.165) is 44.5 Å². The zero-order chi connectivity index (χ0) is 17.7. The molecule has 2 atom stereocenters. The van der Waals surface area contributed by atoms with E-state index in [9.17, 15) is 5.11 Å². The molecule has 1 aromatic rings. The fraction of sp³-hybridized carbons (Fsp3) is 0.684. The zero-order valence-electron chi connectivity index (χ0n) is 14.9. The lowest BCUT2D eigenvalue weighted by molar-refractivity contribution is 0.0270. The molecule has 2 rings (SSSR count). The molecule has 0 aliphatic carbocycles. The van der Waals surface area contributed by atoms with Gasteiger partial charge in [0.1, 0.15) is 0 Å². The smallest absolute Gasteiger partial charge is 0.156 e. The first kappa shape index (κ1) is 19.8. The number of benzene rings is 1. The zero-order valence-corrected chi connectivity index (χ0v) is 16.4. The molecule has 1 fully saturated rings. The molecular formula is C19H29Cl2NO2. The van der Waals surface area contributed by atoms with Crippen molar-refractivity contribution < 1.29 is 9.84 Å². The Morgan fingerprint density at radius 1 is 1.29 bits per heavy atom. The van der Waals surface area contributed by atoms with Gasteiger partial charge in [0.2, 0.25) is 0 Å². The van der Waals surface area contributed by atoms with E-state index in [1.165, 1.54) is 0 Å². The Morgan fingerprint density at radius 3 is 2.54 bits per heavy atom. The summed E-state index contributed by atoms with van der Waals surface area (Å²) in [7, 11) is 0. The van der Waals surface area contributed by atoms with Gasteiger partial charge in [-0.15, -0.1) is 0 Å². The summed E-state index contributed by atoms with van der Waals surface area (Å²) in [6, 6.07) is 3.85. The number of piperidine rings is 1. The highest BCUT2D eigenvalue weighted by Crippen LogP contribution is 2.35. The van der Waals surface area contributed by atoms with Crippen LogP contribution in [0.5, 0.6) is 5.75 Å². The van der Waals surface area contributed by atoms with Crippen molar-refractivity contribution in [1.82, 2.24) is 4.90 Å². The van der Waals surface area contributed by atoms with Crippen molar-refractivity contribution in [2.75, 3.05) is 26.2 Å². The second kappa shape index (κ2) is 9.28. The number of aliphatic hydroxyl groups is 1. The number of nitrogens with zero attached hydrogens (tertiary/aromatic N) is 1. The lowest BCUT2D eigenvalue weighted by Crippen LogP contribution is -2.44. The predicted octanol–water partition coefficient (Wildman–Crippen LogP) is 4.66. The number of hydrogen-bond acceptors (Lipinski definition) is 3. The Morgan fingerprint density at radius 2 is 1.96 bits per heavy atom. The number of likely N-dealkylation sites (tertiary alicyclic amines) is 1. The minimum absolute atomic E-state index is 0.222. The van der Waals surface area contributed by atoms with E-state index in [0.29, 0.717) is 28.3 Å². The van der Waals surface area contributed by atoms with Crippen LogP contribution in [-0.4, -0.2) is 42.4 Å². The van der Waals surface area contributed by atoms with Crippen molar-refractivity contribution in [3.8, 4) is 5.75 Å². The third-order valence-corrected chi connectivity index (χ3v) is 5.00. The van der Waals surface area contributed by atoms with E-state index in [2.05, 4.69) is 25.7 Å². The molecule has 0 spiro atoms. The third kappa shape index (κ3) is 5.52. The molecule has 0 aromatic heterocycles. The van der Waals surface area contributed by atoms with Crippen molar-refractivity contribution in [2.45, 2.75) is 46.1 Å². The molecule has 24 heavy (non-hydrogen) atoms. The number of rotatable bonds is 7. The van der Waals surface area contributed by atoms with Gasteiger partial charge in [-0.05, 0) is 49.4 Å². The van der Waals surface area contributed by atoms with Gasteiger partial charge < -0.3 is 14.7 Å². The molecule has 2 unspecified atom stereocenters. The first-order valence-corrected chi connectivity index (χ1v) is 9.67. The average molecular weight is 374 g/mol. The molecule has 1 aliphatic rings. The highest BCUT2D eigenvalue weighted by molar-refractivity contribution is 6.37. The monoisotopic (exact) mass is 373 g/mol. The number of hydrogen-bond donors (Lipinski definition) is 1. The van der Waals surface area contributed by atoms with Crippen molar-refractivity contribution in [2.24, 2.45) is 11.8 Å². The van der Waals surface area contributed by atoms with E-state index >= 15 is 0 Å². The largest absolute Gasteiger partial charge is 0.490 e. The normalized spacial score (nSPS) is 22.1. The Kier molecular flexibility index (Phi) is 7.67. The van der Waals surface area contributed by atoms with Crippen molar-refractivity contribution in [3.05, 3.63) is 27.7 Å². The van der Waals surface area contributed by atoms with Gasteiger partial charge in [0, 0.05) is 19.0 Å². The maximum absolute atomic E-state index is 10.3. The molecule has 0 radical (unpaired) electrons. The second-order valence-corrected chi connectivity index (χ2v) is 8.03. The quantitative estimate of drug-likeness (QED) is 0.753. The van der Waals surface area contributed by atoms with Crippen LogP contribution in [0.1, 0.15) is 39.2 Å². The van der Waals surface area contributed by atoms with Crippen LogP contribution >= 0.6 is 23.2 Å². The van der Waals surface area contributed by atoms with Crippen LogP contribution in [0.2, 0.25) is 10.0 Å². The van der Waals surface area contributed by atoms with Crippen molar-refractivity contribution in [1.29, 1.82) is 0 Å². The Hall–Kier alpha value is -0.480. The van der Waals surface area contributed by atoms with Crippen molar-refractivity contribution in [3.63, 3.8) is 0 Å². The maximum Gasteiger partial charge on any atom is 0.156 e. The minimum Gasteiger partial charge on any atom is -0.490 e. The first-order chi connectivity index (χ1) is 11.4. The number of aliphatic hydroxyl groups excluding tert-OH is 1. The lowest BCUT2D eigenvalue weighted by Gasteiger charge is -2.36. The Labute approximate surface area is 155 Å². The lowest BCUT2D eigenvalue weighted by atomic mass is 9.88. The fourth-order valence-corrected chi connectivity index (χ4v) is 3.88. The SMILES string of the molecule is CCCN1CCC(O)C(Cc2cc(Cl)c(OCC(C)C)c(Cl)c2)C1. The summed E-state index contributed by atoms with van der Waals surface area (Å²) in [4.78, 5) is 2.43. The van der Waals surface area contributed by atoms with E-state index in [1.54, 1.807) is 0 Å². The molecular weight excluding hydrogens is 345 g/mol. The third-order valence-electron chi connectivity index (χ3n) is 4.43. The van der Waals surface area contributed by atoms with Gasteiger partial charge in [-0.1, -0.05) is 44.0 Å². The molecule has 0 saturated carbocycles. The van der Waals surface area contributed by atoms with Gasteiger partial charge in [-0.3, -0.25) is 0 Å². The van der Waals surface area contributed by atoms with Crippen LogP contribution in [0, 0.1) is 11.8 Å². The molecule has 0 bridgehead atoms. The Bertz CT molecular complexity index is 513. The van der Waals surface area contributed by atoms with Gasteiger partial charge in [0.05, 0.1) is 22.8 Å². The van der Waals surface area contributed by atoms with Gasteiger partial charge in [-0.25, -0.2) is 0 Å². The highest BCUT2D eigenvalue weighted by Gasteiger charge is 2.27. The van der Waals surface area contributed by atoms with Crippen LogP contribution in [0.15, 0.2) is 12.1 Å². The number of ether oxygens (including phenoxy) is 1. The Balaban J connectivity index is 2.06. The van der Waals surface area contributed by atoms with Crippen LogP contribution in [0.4, 0.5) is 0 Å². The van der Waals surface area contributed by atoms with E-state index in [-0.39, 0.29) is 12.0 Å². The van der Waals surface area contributed by atoms with E-state index in [4.69, 9.17) is 27.9 Å². The molecule has 1 aliphatic heterocycles. The predicted molar refractivity (Wildman–Crippen MR) is 101 cm³/mol. The van der Waals surface area contributed by atoms with Gasteiger partial charge >= 0.3 is 0 Å². The second-order valence-electron chi connectivity index (χ2n) is 7.21. The molecule has 1 aromatic carbocycles. The summed E-state index contributed by atoms with van der Waals surface area (Å²) in [6.07, 6.45) is 2.50. The molecule has 0 amide bonds. The molecule has 1 heterocycles. The molecule has 5 heteroatoms. The van der Waals surface area contributed by atoms with Crippen LogP contribution in [-0.2, 0) is 6.42 Å². The van der Waals surface area contributed by atoms with Crippen LogP contribution in [0.25, 0.3) is 0 Å². The summed E-state index contributed by atoms with van der Waals surface area (Å²) < 4.78 is 5.72. The topological polar surface area (TPSA) is 32.7 Å². The van der Waals surface area contributed by atoms with Gasteiger partial charge in [0.25, 0.3) is 0 Å². The minimum atomic E-state index is -0.257. The highest BCUT2D eigenvalue weighted by atomic mass is 35.5. The summed E-state index contributed by atoms with van der Waals surface area (Å²) in [5, 5.41) is 11.4. The van der Waals surface area contributed by atoms with Gasteiger partial charge in [0.15, 0.2) is 5.75 Å². The maximum atomic E-state index is 10.3. The first-order valence-electron chi connectivity index (χ1n) is 8.91. The average Bonchev–Trinajstić information content (AvgIpc) is 2.50. The molecule has 1 saturated heterocycles. The van der Waals surface area contributed by atoms with Crippen LogP contribution in [0.3, 0.4) is 0 Å². The van der Waals surface area contributed by atoms with Gasteiger partial charge in [-0.2, -0.15) is 0 Å². The summed E-state index contributed by atoms with van der Waals surface area (Å²) in [6.45, 7) is 9.95. The van der Waals surface area contributed by atoms with Crippen molar-refractivity contribution >= 4 is 23.2 Å². The molecule has 136 valence electrons. The summed E-state index contributed by atoms with van der Waals surface area (Å²) >= 11 is 12.7. The standard InChI is InChI=1S/C19H29Cl2NO2/c1-4-6-22-7-5-18(23)15(11-22)8-14-9-16(20)19(17(21)10-14)24-12-13(2)3/h9-10,13,15,18,23H,4-8,11-12H2,1-3H3. The van der Waals surface area contributed by atoms with E-state index < -0.39 is 0 Å². The van der Waals surface area contributed by atoms with Crippen LogP contribution < -0.4 is 4.74 Å². The van der Waals surface area contributed by atoms with E-state index in [1.807, 2.05) is 12.1 Å². The molecule has 3 nitrogen and oxygen atoms in total. The number of halogens is 2. The summed E-state index contributed by atoms with van der Waals surface area (Å²) in [5.74, 6) is 1.20. The molecule has 1 N–H and O–H groups in total. The fourth-order valence-electron chi connectivity index (χ4n) is 3.24. The summed E-state index contributed by atoms with van der Waals surface area (Å²) in [5.41, 5.74) is 1.06.